The summed E-state index contributed by atoms with van der Waals surface area (Å²) in [6.07, 6.45) is 0. The zero-order valence-corrected chi connectivity index (χ0v) is 10.9. The maximum absolute atomic E-state index is 12.3. The van der Waals surface area contributed by atoms with Crippen molar-refractivity contribution in [1.82, 2.24) is 4.98 Å². The van der Waals surface area contributed by atoms with Gasteiger partial charge in [-0.1, -0.05) is 42.5 Å². The molecular formula is C15H12N2OS. The zero-order valence-electron chi connectivity index (χ0n) is 10.1. The van der Waals surface area contributed by atoms with E-state index < -0.39 is 6.04 Å². The summed E-state index contributed by atoms with van der Waals surface area (Å²) in [6.45, 7) is 0. The van der Waals surface area contributed by atoms with Crippen molar-refractivity contribution in [2.75, 3.05) is 0 Å². The SMILES string of the molecule is NC(C(=O)c1ccccc1)c1nc2ccccc2s1. The van der Waals surface area contributed by atoms with Crippen LogP contribution in [0.1, 0.15) is 21.4 Å². The molecule has 2 aromatic carbocycles. The molecule has 0 saturated carbocycles. The molecule has 4 heteroatoms. The number of rotatable bonds is 3. The van der Waals surface area contributed by atoms with E-state index in [1.165, 1.54) is 11.3 Å². The smallest absolute Gasteiger partial charge is 0.186 e. The predicted octanol–water partition coefficient (Wildman–Crippen LogP) is 3.18. The highest BCUT2D eigenvalue weighted by Gasteiger charge is 2.20. The Kier molecular flexibility index (Phi) is 3.11. The number of thiazole rings is 1. The lowest BCUT2D eigenvalue weighted by Crippen LogP contribution is -2.21. The lowest BCUT2D eigenvalue weighted by molar-refractivity contribution is 0.0961. The van der Waals surface area contributed by atoms with Crippen LogP contribution in [0.3, 0.4) is 0 Å². The first-order valence-electron chi connectivity index (χ1n) is 5.96. The minimum absolute atomic E-state index is 0.0975. The number of aromatic nitrogens is 1. The largest absolute Gasteiger partial charge is 0.315 e. The van der Waals surface area contributed by atoms with Crippen molar-refractivity contribution in [2.24, 2.45) is 5.73 Å². The number of nitrogens with two attached hydrogens (primary N) is 1. The van der Waals surface area contributed by atoms with Crippen LogP contribution in [-0.4, -0.2) is 10.8 Å². The summed E-state index contributed by atoms with van der Waals surface area (Å²) < 4.78 is 1.05. The van der Waals surface area contributed by atoms with E-state index in [2.05, 4.69) is 4.98 Å². The van der Waals surface area contributed by atoms with Gasteiger partial charge in [0.05, 0.1) is 10.2 Å². The summed E-state index contributed by atoms with van der Waals surface area (Å²) in [5.74, 6) is -0.0975. The van der Waals surface area contributed by atoms with E-state index in [1.54, 1.807) is 12.1 Å². The number of carbonyl (C=O) groups excluding carboxylic acids is 1. The number of para-hydroxylation sites is 1. The molecule has 19 heavy (non-hydrogen) atoms. The molecule has 0 fully saturated rings. The summed E-state index contributed by atoms with van der Waals surface area (Å²) in [5, 5.41) is 0.662. The van der Waals surface area contributed by atoms with Crippen molar-refractivity contribution in [3.63, 3.8) is 0 Å². The van der Waals surface area contributed by atoms with E-state index in [4.69, 9.17) is 5.73 Å². The number of carbonyl (C=O) groups is 1. The summed E-state index contributed by atoms with van der Waals surface area (Å²) in [7, 11) is 0. The van der Waals surface area contributed by atoms with Gasteiger partial charge in [-0.15, -0.1) is 11.3 Å². The van der Waals surface area contributed by atoms with Gasteiger partial charge in [0.15, 0.2) is 5.78 Å². The lowest BCUT2D eigenvalue weighted by Gasteiger charge is -2.06. The third-order valence-corrected chi connectivity index (χ3v) is 4.04. The number of hydrogen-bond donors (Lipinski definition) is 1. The van der Waals surface area contributed by atoms with Crippen molar-refractivity contribution in [2.45, 2.75) is 6.04 Å². The second kappa shape index (κ2) is 4.91. The molecule has 0 radical (unpaired) electrons. The molecule has 1 heterocycles. The van der Waals surface area contributed by atoms with Crippen molar-refractivity contribution in [1.29, 1.82) is 0 Å². The van der Waals surface area contributed by atoms with Crippen LogP contribution in [-0.2, 0) is 0 Å². The van der Waals surface area contributed by atoms with Gasteiger partial charge < -0.3 is 5.73 Å². The van der Waals surface area contributed by atoms with Crippen molar-refractivity contribution < 1.29 is 4.79 Å². The van der Waals surface area contributed by atoms with E-state index in [9.17, 15) is 4.79 Å². The summed E-state index contributed by atoms with van der Waals surface area (Å²) in [4.78, 5) is 16.7. The Hall–Kier alpha value is -2.04. The van der Waals surface area contributed by atoms with E-state index in [1.807, 2.05) is 42.5 Å². The molecule has 1 unspecified atom stereocenters. The van der Waals surface area contributed by atoms with Gasteiger partial charge in [-0.2, -0.15) is 0 Å². The molecule has 3 nitrogen and oxygen atoms in total. The molecular weight excluding hydrogens is 256 g/mol. The van der Waals surface area contributed by atoms with Crippen LogP contribution in [0.4, 0.5) is 0 Å². The van der Waals surface area contributed by atoms with Gasteiger partial charge in [0.1, 0.15) is 11.0 Å². The highest BCUT2D eigenvalue weighted by Crippen LogP contribution is 2.26. The maximum Gasteiger partial charge on any atom is 0.186 e. The van der Waals surface area contributed by atoms with Crippen LogP contribution >= 0.6 is 11.3 Å². The predicted molar refractivity (Wildman–Crippen MR) is 77.3 cm³/mol. The normalized spacial score (nSPS) is 12.5. The molecule has 1 aromatic heterocycles. The molecule has 3 rings (SSSR count). The molecule has 0 saturated heterocycles. The highest BCUT2D eigenvalue weighted by atomic mass is 32.1. The molecule has 2 N–H and O–H groups in total. The third kappa shape index (κ3) is 2.28. The molecule has 1 atom stereocenters. The molecule has 94 valence electrons. The van der Waals surface area contributed by atoms with Gasteiger partial charge in [0, 0.05) is 5.56 Å². The minimum atomic E-state index is -0.695. The summed E-state index contributed by atoms with van der Waals surface area (Å²) in [6, 6.07) is 16.2. The van der Waals surface area contributed by atoms with Crippen molar-refractivity contribution in [3.8, 4) is 0 Å². The van der Waals surface area contributed by atoms with Crippen LogP contribution in [0.5, 0.6) is 0 Å². The number of nitrogens with zero attached hydrogens (tertiary/aromatic N) is 1. The number of benzene rings is 2. The Morgan fingerprint density at radius 1 is 1.05 bits per heavy atom. The minimum Gasteiger partial charge on any atom is -0.315 e. The second-order valence-corrected chi connectivity index (χ2v) is 5.29. The molecule has 0 bridgehead atoms. The fourth-order valence-electron chi connectivity index (χ4n) is 1.92. The van der Waals surface area contributed by atoms with Gasteiger partial charge in [0.25, 0.3) is 0 Å². The highest BCUT2D eigenvalue weighted by molar-refractivity contribution is 7.18. The first-order chi connectivity index (χ1) is 9.25. The van der Waals surface area contributed by atoms with Gasteiger partial charge >= 0.3 is 0 Å². The van der Waals surface area contributed by atoms with Crippen molar-refractivity contribution in [3.05, 3.63) is 65.2 Å². The van der Waals surface area contributed by atoms with E-state index in [0.717, 1.165) is 10.2 Å². The standard InChI is InChI=1S/C15H12N2OS/c16-13(14(18)10-6-2-1-3-7-10)15-17-11-8-4-5-9-12(11)19-15/h1-9,13H,16H2. The second-order valence-electron chi connectivity index (χ2n) is 4.23. The van der Waals surface area contributed by atoms with Gasteiger partial charge in [-0.3, -0.25) is 4.79 Å². The maximum atomic E-state index is 12.3. The number of hydrogen-bond acceptors (Lipinski definition) is 4. The van der Waals surface area contributed by atoms with Gasteiger partial charge in [-0.25, -0.2) is 4.98 Å². The van der Waals surface area contributed by atoms with E-state index in [-0.39, 0.29) is 5.78 Å². The first kappa shape index (κ1) is 12.0. The Bertz CT molecular complexity index is 688. The van der Waals surface area contributed by atoms with Crippen LogP contribution in [0.2, 0.25) is 0 Å². The lowest BCUT2D eigenvalue weighted by atomic mass is 10.1. The van der Waals surface area contributed by atoms with Crippen LogP contribution in [0.25, 0.3) is 10.2 Å². The van der Waals surface area contributed by atoms with E-state index in [0.29, 0.717) is 10.6 Å². The quantitative estimate of drug-likeness (QED) is 0.742. The molecule has 3 aromatic rings. The van der Waals surface area contributed by atoms with Crippen LogP contribution in [0, 0.1) is 0 Å². The van der Waals surface area contributed by atoms with Crippen LogP contribution < -0.4 is 5.73 Å². The molecule has 0 aliphatic heterocycles. The Balaban J connectivity index is 1.95. The number of ketones is 1. The van der Waals surface area contributed by atoms with Crippen LogP contribution in [0.15, 0.2) is 54.6 Å². The topological polar surface area (TPSA) is 56.0 Å². The molecule has 0 amide bonds. The van der Waals surface area contributed by atoms with Gasteiger partial charge in [0.2, 0.25) is 0 Å². The average Bonchev–Trinajstić information content (AvgIpc) is 2.90. The number of fused-ring (bicyclic) bond motifs is 1. The first-order valence-corrected chi connectivity index (χ1v) is 6.77. The fourth-order valence-corrected chi connectivity index (χ4v) is 2.89. The molecule has 0 aliphatic carbocycles. The monoisotopic (exact) mass is 268 g/mol. The van der Waals surface area contributed by atoms with Crippen molar-refractivity contribution >= 4 is 27.3 Å². The van der Waals surface area contributed by atoms with E-state index >= 15 is 0 Å². The fraction of sp³-hybridized carbons (Fsp3) is 0.0667. The Labute approximate surface area is 114 Å². The molecule has 0 aliphatic rings. The Morgan fingerprint density at radius 3 is 2.47 bits per heavy atom. The third-order valence-electron chi connectivity index (χ3n) is 2.92. The number of Topliss-reactive ketones (excluding diaryl/α,β-unsaturated/α-hetero) is 1. The Morgan fingerprint density at radius 2 is 1.74 bits per heavy atom. The summed E-state index contributed by atoms with van der Waals surface area (Å²) in [5.41, 5.74) is 7.54. The zero-order chi connectivity index (χ0) is 13.2. The summed E-state index contributed by atoms with van der Waals surface area (Å²) >= 11 is 1.47. The average molecular weight is 268 g/mol. The molecule has 0 spiro atoms. The van der Waals surface area contributed by atoms with Gasteiger partial charge in [-0.05, 0) is 12.1 Å².